The van der Waals surface area contributed by atoms with Crippen molar-refractivity contribution >= 4 is 11.9 Å². The van der Waals surface area contributed by atoms with Crippen LogP contribution in [0, 0.1) is 11.8 Å². The van der Waals surface area contributed by atoms with Crippen molar-refractivity contribution in [3.63, 3.8) is 0 Å². The number of carbonyl (C=O) groups excluding carboxylic acids is 2. The van der Waals surface area contributed by atoms with Gasteiger partial charge >= 0.3 is 11.9 Å². The molecule has 4 unspecified atom stereocenters. The van der Waals surface area contributed by atoms with Gasteiger partial charge < -0.3 is 9.47 Å². The molecule has 0 N–H and O–H groups in total. The Labute approximate surface area is 108 Å². The molecule has 4 heteroatoms. The zero-order valence-corrected chi connectivity index (χ0v) is 11.6. The minimum atomic E-state index is -0.412. The van der Waals surface area contributed by atoms with E-state index in [0.29, 0.717) is 5.57 Å². The molecule has 4 nitrogen and oxygen atoms in total. The Morgan fingerprint density at radius 2 is 1.83 bits per heavy atom. The van der Waals surface area contributed by atoms with Gasteiger partial charge in [0.1, 0.15) is 12.2 Å². The van der Waals surface area contributed by atoms with E-state index in [1.54, 1.807) is 6.92 Å². The Balaban J connectivity index is 2.81. The summed E-state index contributed by atoms with van der Waals surface area (Å²) < 4.78 is 10.7. The van der Waals surface area contributed by atoms with E-state index in [4.69, 9.17) is 9.47 Å². The fraction of sp³-hybridized carbons (Fsp3) is 0.714. The molecule has 102 valence electrons. The number of ether oxygens (including phenoxy) is 2. The molecule has 0 aromatic heterocycles. The SMILES string of the molecule is C=C(C)C(=O)OC1C(CC)CC(C)C1OC(C)=O. The van der Waals surface area contributed by atoms with Gasteiger partial charge in [-0.3, -0.25) is 4.79 Å². The maximum Gasteiger partial charge on any atom is 0.333 e. The average Bonchev–Trinajstić information content (AvgIpc) is 2.56. The van der Waals surface area contributed by atoms with Gasteiger partial charge in [-0.25, -0.2) is 4.79 Å². The maximum atomic E-state index is 11.6. The molecule has 1 aliphatic rings. The van der Waals surface area contributed by atoms with Crippen LogP contribution >= 0.6 is 0 Å². The van der Waals surface area contributed by atoms with E-state index in [1.807, 2.05) is 6.92 Å². The third-order valence-electron chi connectivity index (χ3n) is 3.44. The molecule has 0 heterocycles. The molecular weight excluding hydrogens is 232 g/mol. The van der Waals surface area contributed by atoms with Crippen LogP contribution in [0.4, 0.5) is 0 Å². The van der Waals surface area contributed by atoms with E-state index in [-0.39, 0.29) is 30.0 Å². The Bertz CT molecular complexity index is 348. The van der Waals surface area contributed by atoms with Crippen molar-refractivity contribution < 1.29 is 19.1 Å². The summed E-state index contributed by atoms with van der Waals surface area (Å²) in [6.07, 6.45) is 1.12. The topological polar surface area (TPSA) is 52.6 Å². The van der Waals surface area contributed by atoms with Crippen LogP contribution < -0.4 is 0 Å². The van der Waals surface area contributed by atoms with Gasteiger partial charge in [0.2, 0.25) is 0 Å². The molecule has 1 aliphatic carbocycles. The van der Waals surface area contributed by atoms with Crippen molar-refractivity contribution in [1.29, 1.82) is 0 Å². The molecule has 1 rings (SSSR count). The quantitative estimate of drug-likeness (QED) is 0.571. The molecule has 0 aliphatic heterocycles. The summed E-state index contributed by atoms with van der Waals surface area (Å²) in [5.74, 6) is -0.292. The largest absolute Gasteiger partial charge is 0.458 e. The van der Waals surface area contributed by atoms with Crippen molar-refractivity contribution in [2.45, 2.75) is 52.7 Å². The Morgan fingerprint density at radius 3 is 2.28 bits per heavy atom. The van der Waals surface area contributed by atoms with Gasteiger partial charge in [-0.15, -0.1) is 0 Å². The van der Waals surface area contributed by atoms with Crippen LogP contribution in [0.1, 0.15) is 40.5 Å². The van der Waals surface area contributed by atoms with Gasteiger partial charge in [0, 0.05) is 12.5 Å². The van der Waals surface area contributed by atoms with Crippen LogP contribution in [0.5, 0.6) is 0 Å². The first-order chi connectivity index (χ1) is 8.36. The highest BCUT2D eigenvalue weighted by atomic mass is 16.6. The summed E-state index contributed by atoms with van der Waals surface area (Å²) >= 11 is 0. The number of esters is 2. The minimum Gasteiger partial charge on any atom is -0.458 e. The summed E-state index contributed by atoms with van der Waals surface area (Å²) in [5.41, 5.74) is 0.367. The van der Waals surface area contributed by atoms with Crippen LogP contribution in [0.3, 0.4) is 0 Å². The van der Waals surface area contributed by atoms with E-state index in [0.717, 1.165) is 12.8 Å². The van der Waals surface area contributed by atoms with E-state index in [2.05, 4.69) is 13.5 Å². The fourth-order valence-electron chi connectivity index (χ4n) is 2.50. The first kappa shape index (κ1) is 14.7. The highest BCUT2D eigenvalue weighted by Gasteiger charge is 2.44. The Hall–Kier alpha value is -1.32. The maximum absolute atomic E-state index is 11.6. The molecule has 0 aromatic carbocycles. The summed E-state index contributed by atoms with van der Waals surface area (Å²) in [4.78, 5) is 22.8. The van der Waals surface area contributed by atoms with Crippen LogP contribution in [0.2, 0.25) is 0 Å². The van der Waals surface area contributed by atoms with E-state index in [9.17, 15) is 9.59 Å². The predicted molar refractivity (Wildman–Crippen MR) is 67.8 cm³/mol. The highest BCUT2D eigenvalue weighted by molar-refractivity contribution is 5.87. The molecule has 1 saturated carbocycles. The van der Waals surface area contributed by atoms with Gasteiger partial charge in [-0.1, -0.05) is 20.4 Å². The van der Waals surface area contributed by atoms with Gasteiger partial charge in [0.05, 0.1) is 0 Å². The van der Waals surface area contributed by atoms with Gasteiger partial charge in [0.25, 0.3) is 0 Å². The summed E-state index contributed by atoms with van der Waals surface area (Å²) in [5, 5.41) is 0. The third-order valence-corrected chi connectivity index (χ3v) is 3.44. The van der Waals surface area contributed by atoms with E-state index in [1.165, 1.54) is 6.92 Å². The van der Waals surface area contributed by atoms with E-state index < -0.39 is 5.97 Å². The number of hydrogen-bond acceptors (Lipinski definition) is 4. The molecule has 0 aromatic rings. The predicted octanol–water partition coefficient (Wildman–Crippen LogP) is 2.47. The normalized spacial score (nSPS) is 30.9. The number of carbonyl (C=O) groups is 2. The molecule has 4 atom stereocenters. The van der Waals surface area contributed by atoms with Crippen LogP contribution in [-0.4, -0.2) is 24.1 Å². The molecule has 0 bridgehead atoms. The van der Waals surface area contributed by atoms with Gasteiger partial charge in [0.15, 0.2) is 0 Å². The molecule has 18 heavy (non-hydrogen) atoms. The molecule has 0 amide bonds. The lowest BCUT2D eigenvalue weighted by Crippen LogP contribution is -2.36. The zero-order valence-electron chi connectivity index (χ0n) is 11.6. The minimum absolute atomic E-state index is 0.210. The molecule has 0 radical (unpaired) electrons. The summed E-state index contributed by atoms with van der Waals surface area (Å²) in [6, 6.07) is 0. The lowest BCUT2D eigenvalue weighted by atomic mass is 10.0. The molecule has 1 fully saturated rings. The second kappa shape index (κ2) is 6.03. The number of rotatable bonds is 4. The number of hydrogen-bond donors (Lipinski definition) is 0. The highest BCUT2D eigenvalue weighted by Crippen LogP contribution is 2.37. The third kappa shape index (κ3) is 3.34. The van der Waals surface area contributed by atoms with Gasteiger partial charge in [-0.2, -0.15) is 0 Å². The van der Waals surface area contributed by atoms with Crippen LogP contribution in [0.25, 0.3) is 0 Å². The van der Waals surface area contributed by atoms with Gasteiger partial charge in [-0.05, 0) is 31.6 Å². The summed E-state index contributed by atoms with van der Waals surface area (Å²) in [6.45, 7) is 10.6. The standard InChI is InChI=1S/C14H22O4/c1-6-11-7-9(4)12(17-10(5)15)13(11)18-14(16)8(2)3/h9,11-13H,2,6-7H2,1,3-5H3. The molecule has 0 spiro atoms. The molecule has 0 saturated heterocycles. The second-order valence-electron chi connectivity index (χ2n) is 5.11. The summed E-state index contributed by atoms with van der Waals surface area (Å²) in [7, 11) is 0. The lowest BCUT2D eigenvalue weighted by molar-refractivity contribution is -0.165. The second-order valence-corrected chi connectivity index (χ2v) is 5.11. The fourth-order valence-corrected chi connectivity index (χ4v) is 2.50. The Kier molecular flexibility index (Phi) is 4.93. The zero-order chi connectivity index (χ0) is 13.9. The smallest absolute Gasteiger partial charge is 0.333 e. The lowest BCUT2D eigenvalue weighted by Gasteiger charge is -2.25. The monoisotopic (exact) mass is 254 g/mol. The van der Waals surface area contributed by atoms with Crippen LogP contribution in [-0.2, 0) is 19.1 Å². The van der Waals surface area contributed by atoms with Crippen molar-refractivity contribution in [1.82, 2.24) is 0 Å². The average molecular weight is 254 g/mol. The van der Waals surface area contributed by atoms with Crippen molar-refractivity contribution in [3.05, 3.63) is 12.2 Å². The Morgan fingerprint density at radius 1 is 1.22 bits per heavy atom. The van der Waals surface area contributed by atoms with Crippen molar-refractivity contribution in [3.8, 4) is 0 Å². The molecular formula is C14H22O4. The van der Waals surface area contributed by atoms with E-state index >= 15 is 0 Å². The van der Waals surface area contributed by atoms with Crippen molar-refractivity contribution in [2.75, 3.05) is 0 Å². The van der Waals surface area contributed by atoms with Crippen molar-refractivity contribution in [2.24, 2.45) is 11.8 Å². The first-order valence-electron chi connectivity index (χ1n) is 6.40. The van der Waals surface area contributed by atoms with Crippen LogP contribution in [0.15, 0.2) is 12.2 Å². The first-order valence-corrected chi connectivity index (χ1v) is 6.40.